The monoisotopic (exact) mass is 300 g/mol. The van der Waals surface area contributed by atoms with E-state index in [1.807, 2.05) is 31.2 Å². The molecule has 0 fully saturated rings. The van der Waals surface area contributed by atoms with E-state index in [9.17, 15) is 4.79 Å². The molecular weight excluding hydrogens is 284 g/mol. The molecule has 2 aromatic heterocycles. The Bertz CT molecular complexity index is 790. The van der Waals surface area contributed by atoms with Crippen LogP contribution in [0.1, 0.15) is 20.8 Å². The molecule has 4 nitrogen and oxygen atoms in total. The number of nitrogens with zero attached hydrogens (tertiary/aromatic N) is 1. The van der Waals surface area contributed by atoms with Gasteiger partial charge in [0.2, 0.25) is 0 Å². The van der Waals surface area contributed by atoms with E-state index >= 15 is 0 Å². The van der Waals surface area contributed by atoms with Crippen LogP contribution in [-0.4, -0.2) is 17.9 Å². The van der Waals surface area contributed by atoms with Crippen molar-refractivity contribution >= 4 is 33.0 Å². The van der Waals surface area contributed by atoms with Gasteiger partial charge in [0.05, 0.1) is 18.2 Å². The Kier molecular flexibility index (Phi) is 3.43. The number of fused-ring (bicyclic) bond motifs is 1. The summed E-state index contributed by atoms with van der Waals surface area (Å²) in [5.41, 5.74) is 8.84. The minimum absolute atomic E-state index is 0.0608. The molecular formula is C16H16N2O2S. The maximum Gasteiger partial charge on any atom is 0.266 e. The summed E-state index contributed by atoms with van der Waals surface area (Å²) < 4.78 is 6.11. The molecule has 3 rings (SSSR count). The van der Waals surface area contributed by atoms with Gasteiger partial charge in [-0.2, -0.15) is 0 Å². The summed E-state index contributed by atoms with van der Waals surface area (Å²) in [5.74, 6) is -0.0608. The molecule has 0 aliphatic rings. The summed E-state index contributed by atoms with van der Waals surface area (Å²) in [7, 11) is 1.77. The van der Waals surface area contributed by atoms with Gasteiger partial charge in [-0.3, -0.25) is 4.79 Å². The largest absolute Gasteiger partial charge is 0.472 e. The highest BCUT2D eigenvalue weighted by Crippen LogP contribution is 2.36. The number of anilines is 1. The third-order valence-electron chi connectivity index (χ3n) is 3.49. The van der Waals surface area contributed by atoms with E-state index in [0.29, 0.717) is 17.1 Å². The molecule has 2 heterocycles. The van der Waals surface area contributed by atoms with Gasteiger partial charge in [-0.1, -0.05) is 18.2 Å². The van der Waals surface area contributed by atoms with Gasteiger partial charge in [0.1, 0.15) is 4.88 Å². The van der Waals surface area contributed by atoms with Gasteiger partial charge in [0.15, 0.2) is 0 Å². The number of thiophene rings is 1. The number of rotatable bonds is 3. The molecule has 0 aliphatic heterocycles. The molecule has 0 saturated carbocycles. The number of hydrogen-bond donors (Lipinski definition) is 1. The fraction of sp³-hybridized carbons (Fsp3) is 0.188. The maximum absolute atomic E-state index is 12.6. The summed E-state index contributed by atoms with van der Waals surface area (Å²) in [6, 6.07) is 7.80. The van der Waals surface area contributed by atoms with Crippen molar-refractivity contribution < 1.29 is 9.21 Å². The molecule has 5 heteroatoms. The number of furan rings is 1. The highest BCUT2D eigenvalue weighted by Gasteiger charge is 2.20. The fourth-order valence-corrected chi connectivity index (χ4v) is 3.52. The number of nitrogens with two attached hydrogens (primary N) is 1. The van der Waals surface area contributed by atoms with Crippen molar-refractivity contribution in [1.29, 1.82) is 0 Å². The number of aryl methyl sites for hydroxylation is 1. The molecule has 0 saturated heterocycles. The van der Waals surface area contributed by atoms with Crippen molar-refractivity contribution in [2.45, 2.75) is 13.5 Å². The van der Waals surface area contributed by atoms with Crippen LogP contribution < -0.4 is 5.73 Å². The molecule has 0 bridgehead atoms. The predicted molar refractivity (Wildman–Crippen MR) is 85.5 cm³/mol. The van der Waals surface area contributed by atoms with Gasteiger partial charge >= 0.3 is 0 Å². The number of amides is 1. The quantitative estimate of drug-likeness (QED) is 0.803. The van der Waals surface area contributed by atoms with Crippen molar-refractivity contribution in [2.24, 2.45) is 0 Å². The standard InChI is InChI=1S/C16H16N2O2S/c1-10-4-3-5-12-13(17)15(21-14(10)12)16(19)18(2)8-11-6-7-20-9-11/h3-7,9H,8,17H2,1-2H3. The fourth-order valence-electron chi connectivity index (χ4n) is 2.34. The summed E-state index contributed by atoms with van der Waals surface area (Å²) in [5, 5.41) is 0.958. The molecule has 0 aliphatic carbocycles. The van der Waals surface area contributed by atoms with Crippen molar-refractivity contribution in [3.05, 3.63) is 52.8 Å². The summed E-state index contributed by atoms with van der Waals surface area (Å²) >= 11 is 1.46. The van der Waals surface area contributed by atoms with Gasteiger partial charge in [0, 0.05) is 29.2 Å². The number of carbonyl (C=O) groups excluding carboxylic acids is 1. The van der Waals surface area contributed by atoms with Crippen molar-refractivity contribution in [2.75, 3.05) is 12.8 Å². The average molecular weight is 300 g/mol. The number of hydrogen-bond acceptors (Lipinski definition) is 4. The van der Waals surface area contributed by atoms with Gasteiger partial charge in [-0.25, -0.2) is 0 Å². The maximum atomic E-state index is 12.6. The lowest BCUT2D eigenvalue weighted by atomic mass is 10.1. The first-order chi connectivity index (χ1) is 10.1. The van der Waals surface area contributed by atoms with Gasteiger partial charge in [0.25, 0.3) is 5.91 Å². The lowest BCUT2D eigenvalue weighted by molar-refractivity contribution is 0.0790. The van der Waals surface area contributed by atoms with Crippen molar-refractivity contribution in [1.82, 2.24) is 4.90 Å². The molecule has 0 radical (unpaired) electrons. The second-order valence-electron chi connectivity index (χ2n) is 5.09. The van der Waals surface area contributed by atoms with Crippen molar-refractivity contribution in [3.8, 4) is 0 Å². The first kappa shape index (κ1) is 13.7. The van der Waals surface area contributed by atoms with Crippen LogP contribution in [0.15, 0.2) is 41.2 Å². The van der Waals surface area contributed by atoms with Crippen LogP contribution in [0.5, 0.6) is 0 Å². The SMILES string of the molecule is Cc1cccc2c(N)c(C(=O)N(C)Cc3ccoc3)sc12. The van der Waals surface area contributed by atoms with Crippen molar-refractivity contribution in [3.63, 3.8) is 0 Å². The zero-order valence-electron chi connectivity index (χ0n) is 11.9. The number of nitrogen functional groups attached to an aromatic ring is 1. The van der Waals surface area contributed by atoms with E-state index in [4.69, 9.17) is 10.2 Å². The minimum atomic E-state index is -0.0608. The minimum Gasteiger partial charge on any atom is -0.472 e. The van der Waals surface area contributed by atoms with E-state index in [1.54, 1.807) is 24.5 Å². The van der Waals surface area contributed by atoms with E-state index < -0.39 is 0 Å². The van der Waals surface area contributed by atoms with E-state index in [0.717, 1.165) is 21.2 Å². The van der Waals surface area contributed by atoms with Crippen LogP contribution in [0.2, 0.25) is 0 Å². The van der Waals surface area contributed by atoms with Crippen LogP contribution in [0.3, 0.4) is 0 Å². The topological polar surface area (TPSA) is 59.5 Å². The zero-order valence-corrected chi connectivity index (χ0v) is 12.7. The summed E-state index contributed by atoms with van der Waals surface area (Å²) in [4.78, 5) is 14.9. The normalized spacial score (nSPS) is 11.0. The first-order valence-electron chi connectivity index (χ1n) is 6.62. The lowest BCUT2D eigenvalue weighted by Crippen LogP contribution is -2.25. The Morgan fingerprint density at radius 3 is 2.86 bits per heavy atom. The Balaban J connectivity index is 1.94. The molecule has 3 aromatic rings. The third kappa shape index (κ3) is 2.40. The lowest BCUT2D eigenvalue weighted by Gasteiger charge is -2.15. The molecule has 21 heavy (non-hydrogen) atoms. The van der Waals surface area contributed by atoms with E-state index in [1.165, 1.54) is 11.3 Å². The Morgan fingerprint density at radius 1 is 1.38 bits per heavy atom. The molecule has 0 atom stereocenters. The van der Waals surface area contributed by atoms with E-state index in [-0.39, 0.29) is 5.91 Å². The highest BCUT2D eigenvalue weighted by atomic mass is 32.1. The molecule has 1 aromatic carbocycles. The summed E-state index contributed by atoms with van der Waals surface area (Å²) in [6.45, 7) is 2.53. The molecule has 1 amide bonds. The Labute approximate surface area is 126 Å². The zero-order chi connectivity index (χ0) is 15.0. The average Bonchev–Trinajstić information content (AvgIpc) is 3.08. The van der Waals surface area contributed by atoms with Gasteiger partial charge < -0.3 is 15.1 Å². The van der Waals surface area contributed by atoms with Crippen LogP contribution in [0.25, 0.3) is 10.1 Å². The van der Waals surface area contributed by atoms with Crippen LogP contribution >= 0.6 is 11.3 Å². The molecule has 0 spiro atoms. The van der Waals surface area contributed by atoms with E-state index in [2.05, 4.69) is 0 Å². The Morgan fingerprint density at radius 2 is 2.19 bits per heavy atom. The third-order valence-corrected chi connectivity index (χ3v) is 4.84. The Hall–Kier alpha value is -2.27. The predicted octanol–water partition coefficient (Wildman–Crippen LogP) is 3.66. The van der Waals surface area contributed by atoms with Crippen LogP contribution in [0.4, 0.5) is 5.69 Å². The second kappa shape index (κ2) is 5.26. The van der Waals surface area contributed by atoms with Gasteiger partial charge in [-0.05, 0) is 18.6 Å². The van der Waals surface area contributed by atoms with Gasteiger partial charge in [-0.15, -0.1) is 11.3 Å². The molecule has 2 N–H and O–H groups in total. The van der Waals surface area contributed by atoms with Crippen LogP contribution in [-0.2, 0) is 6.54 Å². The first-order valence-corrected chi connectivity index (χ1v) is 7.43. The number of benzene rings is 1. The number of carbonyl (C=O) groups is 1. The molecule has 108 valence electrons. The van der Waals surface area contributed by atoms with Crippen LogP contribution in [0, 0.1) is 6.92 Å². The smallest absolute Gasteiger partial charge is 0.266 e. The molecule has 0 unspecified atom stereocenters. The summed E-state index contributed by atoms with van der Waals surface area (Å²) in [6.07, 6.45) is 3.24. The highest BCUT2D eigenvalue weighted by molar-refractivity contribution is 7.21. The second-order valence-corrected chi connectivity index (χ2v) is 6.11.